The summed E-state index contributed by atoms with van der Waals surface area (Å²) < 4.78 is 23.0. The quantitative estimate of drug-likeness (QED) is 0.808. The minimum absolute atomic E-state index is 0.326. The van der Waals surface area contributed by atoms with Crippen LogP contribution < -0.4 is 0 Å². The van der Waals surface area contributed by atoms with Crippen molar-refractivity contribution in [3.8, 4) is 22.4 Å². The van der Waals surface area contributed by atoms with Crippen molar-refractivity contribution in [1.82, 2.24) is 9.97 Å². The molecule has 1 N–H and O–H groups in total. The van der Waals surface area contributed by atoms with Gasteiger partial charge in [-0.2, -0.15) is 0 Å². The maximum Gasteiger partial charge on any atom is 0.175 e. The number of hydrogen-bond acceptors (Lipinski definition) is 3. The Morgan fingerprint density at radius 2 is 1.57 bits per heavy atom. The van der Waals surface area contributed by atoms with Gasteiger partial charge < -0.3 is 4.98 Å². The van der Waals surface area contributed by atoms with Crippen molar-refractivity contribution in [2.75, 3.05) is 6.26 Å². The molecule has 0 amide bonds. The number of benzene rings is 1. The number of aromatic nitrogens is 2. The van der Waals surface area contributed by atoms with Crippen LogP contribution in [0.5, 0.6) is 0 Å². The Bertz CT molecular complexity index is 851. The summed E-state index contributed by atoms with van der Waals surface area (Å²) in [7, 11) is -3.17. The van der Waals surface area contributed by atoms with Crippen LogP contribution in [0.4, 0.5) is 0 Å². The topological polar surface area (TPSA) is 62.8 Å². The summed E-state index contributed by atoms with van der Waals surface area (Å²) in [5, 5.41) is 0. The average molecular weight is 298 g/mol. The van der Waals surface area contributed by atoms with Gasteiger partial charge in [0.25, 0.3) is 0 Å². The highest BCUT2D eigenvalue weighted by molar-refractivity contribution is 7.90. The van der Waals surface area contributed by atoms with E-state index in [9.17, 15) is 8.42 Å². The van der Waals surface area contributed by atoms with E-state index in [-0.39, 0.29) is 0 Å². The molecule has 106 valence electrons. The first-order chi connectivity index (χ1) is 10.1. The van der Waals surface area contributed by atoms with Crippen LogP contribution >= 0.6 is 0 Å². The summed E-state index contributed by atoms with van der Waals surface area (Å²) in [6.45, 7) is 0. The highest BCUT2D eigenvalue weighted by Crippen LogP contribution is 2.31. The maximum atomic E-state index is 11.5. The molecule has 1 aromatic carbocycles. The van der Waals surface area contributed by atoms with Crippen LogP contribution in [-0.4, -0.2) is 24.6 Å². The Morgan fingerprint density at radius 1 is 0.905 bits per heavy atom. The molecule has 5 heteroatoms. The molecule has 2 heterocycles. The third kappa shape index (κ3) is 2.73. The van der Waals surface area contributed by atoms with Crippen molar-refractivity contribution in [2.24, 2.45) is 0 Å². The lowest BCUT2D eigenvalue weighted by atomic mass is 10.0. The molecule has 2 aromatic heterocycles. The zero-order chi connectivity index (χ0) is 14.9. The second-order valence-corrected chi connectivity index (χ2v) is 6.81. The van der Waals surface area contributed by atoms with E-state index < -0.39 is 9.84 Å². The van der Waals surface area contributed by atoms with Crippen molar-refractivity contribution in [3.63, 3.8) is 0 Å². The first-order valence-electron chi connectivity index (χ1n) is 6.44. The zero-order valence-corrected chi connectivity index (χ0v) is 12.3. The lowest BCUT2D eigenvalue weighted by molar-refractivity contribution is 0.602. The van der Waals surface area contributed by atoms with E-state index in [0.29, 0.717) is 4.90 Å². The third-order valence-electron chi connectivity index (χ3n) is 3.31. The molecule has 3 aromatic rings. The van der Waals surface area contributed by atoms with Gasteiger partial charge in [0, 0.05) is 36.0 Å². The molecule has 3 rings (SSSR count). The summed E-state index contributed by atoms with van der Waals surface area (Å²) in [6.07, 6.45) is 6.57. The van der Waals surface area contributed by atoms with Crippen molar-refractivity contribution in [3.05, 3.63) is 61.1 Å². The standard InChI is InChI=1S/C16H14N2O2S/c1-21(19,20)14-4-2-12(3-5-14)15-8-11-18-16(15)13-6-9-17-10-7-13/h2-11,18H,1H3. The molecule has 0 fully saturated rings. The Balaban J connectivity index is 2.05. The van der Waals surface area contributed by atoms with E-state index in [0.717, 1.165) is 22.4 Å². The fourth-order valence-corrected chi connectivity index (χ4v) is 2.88. The fourth-order valence-electron chi connectivity index (χ4n) is 2.25. The minimum Gasteiger partial charge on any atom is -0.361 e. The number of hydrogen-bond donors (Lipinski definition) is 1. The first-order valence-corrected chi connectivity index (χ1v) is 8.33. The average Bonchev–Trinajstić information content (AvgIpc) is 2.97. The minimum atomic E-state index is -3.17. The number of sulfone groups is 1. The molecule has 0 bridgehead atoms. The number of nitrogens with zero attached hydrogens (tertiary/aromatic N) is 1. The molecule has 0 unspecified atom stereocenters. The molecule has 0 saturated heterocycles. The van der Waals surface area contributed by atoms with Crippen LogP contribution in [0.3, 0.4) is 0 Å². The van der Waals surface area contributed by atoms with Crippen molar-refractivity contribution in [2.45, 2.75) is 4.90 Å². The summed E-state index contributed by atoms with van der Waals surface area (Å²) >= 11 is 0. The molecular weight excluding hydrogens is 284 g/mol. The molecule has 0 aliphatic heterocycles. The lowest BCUT2D eigenvalue weighted by Gasteiger charge is -2.05. The van der Waals surface area contributed by atoms with Crippen LogP contribution in [0, 0.1) is 0 Å². The lowest BCUT2D eigenvalue weighted by Crippen LogP contribution is -1.96. The number of nitrogens with one attached hydrogen (secondary N) is 1. The van der Waals surface area contributed by atoms with E-state index in [2.05, 4.69) is 9.97 Å². The summed E-state index contributed by atoms with van der Waals surface area (Å²) in [5.41, 5.74) is 4.03. The number of rotatable bonds is 3. The molecule has 4 nitrogen and oxygen atoms in total. The molecule has 0 radical (unpaired) electrons. The van der Waals surface area contributed by atoms with Gasteiger partial charge >= 0.3 is 0 Å². The van der Waals surface area contributed by atoms with Gasteiger partial charge in [0.2, 0.25) is 0 Å². The van der Waals surface area contributed by atoms with E-state index in [1.165, 1.54) is 6.26 Å². The molecule has 0 spiro atoms. The van der Waals surface area contributed by atoms with Gasteiger partial charge in [0.15, 0.2) is 9.84 Å². The van der Waals surface area contributed by atoms with E-state index >= 15 is 0 Å². The van der Waals surface area contributed by atoms with Gasteiger partial charge in [-0.1, -0.05) is 12.1 Å². The molecule has 0 saturated carbocycles. The van der Waals surface area contributed by atoms with Crippen molar-refractivity contribution >= 4 is 9.84 Å². The monoisotopic (exact) mass is 298 g/mol. The Morgan fingerprint density at radius 3 is 2.19 bits per heavy atom. The Labute approximate surface area is 123 Å². The normalized spacial score (nSPS) is 11.5. The van der Waals surface area contributed by atoms with Crippen LogP contribution in [0.15, 0.2) is 66.0 Å². The van der Waals surface area contributed by atoms with Crippen LogP contribution in [-0.2, 0) is 9.84 Å². The summed E-state index contributed by atoms with van der Waals surface area (Å²) in [4.78, 5) is 7.56. The Kier molecular flexibility index (Phi) is 3.35. The van der Waals surface area contributed by atoms with E-state index in [1.807, 2.05) is 36.5 Å². The molecule has 0 aliphatic rings. The second kappa shape index (κ2) is 5.18. The van der Waals surface area contributed by atoms with Crippen molar-refractivity contribution in [1.29, 1.82) is 0 Å². The highest BCUT2D eigenvalue weighted by Gasteiger charge is 2.10. The second-order valence-electron chi connectivity index (χ2n) is 4.80. The van der Waals surface area contributed by atoms with Crippen LogP contribution in [0.2, 0.25) is 0 Å². The summed E-state index contributed by atoms with van der Waals surface area (Å²) in [5.74, 6) is 0. The predicted octanol–water partition coefficient (Wildman–Crippen LogP) is 3.15. The largest absolute Gasteiger partial charge is 0.361 e. The van der Waals surface area contributed by atoms with Gasteiger partial charge in [-0.25, -0.2) is 8.42 Å². The Hall–Kier alpha value is -2.40. The van der Waals surface area contributed by atoms with Crippen LogP contribution in [0.25, 0.3) is 22.4 Å². The van der Waals surface area contributed by atoms with E-state index in [4.69, 9.17) is 0 Å². The van der Waals surface area contributed by atoms with Gasteiger partial charge in [-0.3, -0.25) is 4.98 Å². The molecule has 0 atom stereocenters. The van der Waals surface area contributed by atoms with Crippen LogP contribution in [0.1, 0.15) is 0 Å². The van der Waals surface area contributed by atoms with Gasteiger partial charge in [0.1, 0.15) is 0 Å². The number of H-pyrrole nitrogens is 1. The maximum absolute atomic E-state index is 11.5. The van der Waals surface area contributed by atoms with Gasteiger partial charge in [0.05, 0.1) is 10.6 Å². The highest BCUT2D eigenvalue weighted by atomic mass is 32.2. The first kappa shape index (κ1) is 13.6. The summed E-state index contributed by atoms with van der Waals surface area (Å²) in [6, 6.07) is 12.8. The predicted molar refractivity (Wildman–Crippen MR) is 82.6 cm³/mol. The van der Waals surface area contributed by atoms with E-state index in [1.54, 1.807) is 24.5 Å². The third-order valence-corrected chi connectivity index (χ3v) is 4.44. The zero-order valence-electron chi connectivity index (χ0n) is 11.4. The fraction of sp³-hybridized carbons (Fsp3) is 0.0625. The van der Waals surface area contributed by atoms with Gasteiger partial charge in [-0.15, -0.1) is 0 Å². The SMILES string of the molecule is CS(=O)(=O)c1ccc(-c2cc[nH]c2-c2ccncc2)cc1. The molecule has 0 aliphatic carbocycles. The van der Waals surface area contributed by atoms with Gasteiger partial charge in [-0.05, 0) is 35.9 Å². The smallest absolute Gasteiger partial charge is 0.175 e. The number of pyridine rings is 1. The molecule has 21 heavy (non-hydrogen) atoms. The molecular formula is C16H14N2O2S. The number of aromatic amines is 1. The van der Waals surface area contributed by atoms with Crippen molar-refractivity contribution < 1.29 is 8.42 Å².